The highest BCUT2D eigenvalue weighted by Gasteiger charge is 2.28. The van der Waals surface area contributed by atoms with Gasteiger partial charge >= 0.3 is 6.03 Å². The lowest BCUT2D eigenvalue weighted by molar-refractivity contribution is -0.120. The fraction of sp³-hybridized carbons (Fsp3) is 0.640. The van der Waals surface area contributed by atoms with Crippen LogP contribution in [-0.2, 0) is 16.0 Å². The van der Waals surface area contributed by atoms with E-state index in [2.05, 4.69) is 34.4 Å². The summed E-state index contributed by atoms with van der Waals surface area (Å²) in [6, 6.07) is 4.56. The Morgan fingerprint density at radius 2 is 2.00 bits per heavy atom. The van der Waals surface area contributed by atoms with Crippen LogP contribution in [0.25, 0.3) is 5.52 Å². The van der Waals surface area contributed by atoms with Gasteiger partial charge in [0.05, 0.1) is 17.4 Å². The van der Waals surface area contributed by atoms with E-state index >= 15 is 0 Å². The molecule has 178 valence electrons. The monoisotopic (exact) mass is 453 g/mol. The molecule has 2 aromatic heterocycles. The van der Waals surface area contributed by atoms with Gasteiger partial charge in [0.25, 0.3) is 0 Å². The van der Waals surface area contributed by atoms with Crippen LogP contribution in [0.1, 0.15) is 51.0 Å². The lowest BCUT2D eigenvalue weighted by Gasteiger charge is -2.38. The van der Waals surface area contributed by atoms with Crippen molar-refractivity contribution in [1.82, 2.24) is 19.8 Å². The normalized spacial score (nSPS) is 25.5. The molecule has 1 N–H and O–H groups in total. The smallest absolute Gasteiger partial charge is 0.328 e. The zero-order valence-corrected chi connectivity index (χ0v) is 19.5. The number of nitrogens with one attached hydrogen (secondary N) is 1. The maximum atomic E-state index is 12.3. The van der Waals surface area contributed by atoms with Gasteiger partial charge in [0.2, 0.25) is 5.91 Å². The number of imide groups is 1. The zero-order valence-electron chi connectivity index (χ0n) is 19.5. The third-order valence-electron chi connectivity index (χ3n) is 7.72. The van der Waals surface area contributed by atoms with Gasteiger partial charge in [-0.1, -0.05) is 0 Å². The molecule has 0 radical (unpaired) electrons. The number of anilines is 1. The van der Waals surface area contributed by atoms with E-state index < -0.39 is 0 Å². The Morgan fingerprint density at radius 1 is 1.15 bits per heavy atom. The minimum Gasteiger partial charge on any atom is -0.381 e. The molecule has 5 heterocycles. The molecule has 2 atom stereocenters. The van der Waals surface area contributed by atoms with Gasteiger partial charge in [0.1, 0.15) is 0 Å². The number of nitrogens with zero attached hydrogens (tertiary/aromatic N) is 4. The fourth-order valence-electron chi connectivity index (χ4n) is 5.69. The molecule has 2 aromatic rings. The quantitative estimate of drug-likeness (QED) is 0.726. The van der Waals surface area contributed by atoms with Crippen LogP contribution in [-0.4, -0.2) is 65.3 Å². The summed E-state index contributed by atoms with van der Waals surface area (Å²) >= 11 is 0. The number of piperidine rings is 1. The lowest BCUT2D eigenvalue weighted by Crippen LogP contribution is -2.49. The van der Waals surface area contributed by atoms with Crippen molar-refractivity contribution < 1.29 is 14.3 Å². The minimum atomic E-state index is -0.367. The number of amides is 3. The molecule has 3 fully saturated rings. The molecule has 3 aliphatic heterocycles. The number of carbonyl (C=O) groups is 2. The third kappa shape index (κ3) is 5.06. The average molecular weight is 454 g/mol. The molecule has 3 aliphatic rings. The molecule has 3 amide bonds. The molecule has 0 spiro atoms. The van der Waals surface area contributed by atoms with Crippen molar-refractivity contribution in [3.63, 3.8) is 0 Å². The molecule has 8 heteroatoms. The molecular weight excluding hydrogens is 418 g/mol. The van der Waals surface area contributed by atoms with Gasteiger partial charge in [-0.15, -0.1) is 0 Å². The maximum absolute atomic E-state index is 12.3. The highest BCUT2D eigenvalue weighted by atomic mass is 16.5. The van der Waals surface area contributed by atoms with Crippen molar-refractivity contribution in [2.45, 2.75) is 57.9 Å². The van der Waals surface area contributed by atoms with E-state index in [0.29, 0.717) is 24.9 Å². The Bertz CT molecular complexity index is 999. The largest absolute Gasteiger partial charge is 0.381 e. The van der Waals surface area contributed by atoms with Crippen LogP contribution in [0, 0.1) is 11.8 Å². The Balaban J connectivity index is 1.20. The van der Waals surface area contributed by atoms with E-state index in [-0.39, 0.29) is 11.9 Å². The highest BCUT2D eigenvalue weighted by Crippen LogP contribution is 2.30. The number of likely N-dealkylation sites (tertiary alicyclic amines) is 1. The summed E-state index contributed by atoms with van der Waals surface area (Å²) in [5.41, 5.74) is 2.96. The first-order chi connectivity index (χ1) is 16.1. The van der Waals surface area contributed by atoms with E-state index in [9.17, 15) is 9.59 Å². The number of aromatic nitrogens is 2. The Labute approximate surface area is 195 Å². The van der Waals surface area contributed by atoms with Crippen LogP contribution in [0.4, 0.5) is 10.5 Å². The first kappa shape index (κ1) is 22.3. The van der Waals surface area contributed by atoms with E-state index in [0.717, 1.165) is 36.8 Å². The van der Waals surface area contributed by atoms with Gasteiger partial charge in [0.15, 0.2) is 0 Å². The molecule has 0 aliphatic carbocycles. The summed E-state index contributed by atoms with van der Waals surface area (Å²) in [6.07, 6.45) is 11.2. The number of rotatable bonds is 6. The van der Waals surface area contributed by atoms with Crippen molar-refractivity contribution in [3.8, 4) is 0 Å². The highest BCUT2D eigenvalue weighted by molar-refractivity contribution is 6.07. The molecular formula is C25H35N5O3. The predicted molar refractivity (Wildman–Crippen MR) is 126 cm³/mol. The summed E-state index contributed by atoms with van der Waals surface area (Å²) in [5, 5.41) is 6.81. The second-order valence-electron chi connectivity index (χ2n) is 9.97. The number of urea groups is 1. The molecule has 5 rings (SSSR count). The van der Waals surface area contributed by atoms with Crippen molar-refractivity contribution >= 4 is 23.1 Å². The number of ether oxygens (including phenoxy) is 1. The summed E-state index contributed by atoms with van der Waals surface area (Å²) in [6.45, 7) is 7.03. The van der Waals surface area contributed by atoms with Crippen molar-refractivity contribution in [2.24, 2.45) is 11.8 Å². The van der Waals surface area contributed by atoms with Crippen LogP contribution in [0.15, 0.2) is 24.5 Å². The first-order valence-electron chi connectivity index (χ1n) is 12.5. The number of hydrogen-bond acceptors (Lipinski definition) is 5. The maximum Gasteiger partial charge on any atom is 0.328 e. The summed E-state index contributed by atoms with van der Waals surface area (Å²) in [4.78, 5) is 28.1. The summed E-state index contributed by atoms with van der Waals surface area (Å²) in [7, 11) is 0. The number of fused-ring (bicyclic) bond motifs is 1. The molecule has 0 bridgehead atoms. The second-order valence-corrected chi connectivity index (χ2v) is 9.97. The topological polar surface area (TPSA) is 79.2 Å². The van der Waals surface area contributed by atoms with Crippen LogP contribution in [0.2, 0.25) is 0 Å². The van der Waals surface area contributed by atoms with Gasteiger partial charge in [-0.3, -0.25) is 15.0 Å². The van der Waals surface area contributed by atoms with Gasteiger partial charge in [-0.05, 0) is 88.1 Å². The number of carbonyl (C=O) groups excluding carboxylic acids is 2. The first-order valence-corrected chi connectivity index (χ1v) is 12.5. The van der Waals surface area contributed by atoms with E-state index in [1.54, 1.807) is 11.1 Å². The number of hydrogen-bond donors (Lipinski definition) is 1. The van der Waals surface area contributed by atoms with Gasteiger partial charge < -0.3 is 9.64 Å². The number of pyridine rings is 1. The van der Waals surface area contributed by atoms with E-state index in [1.807, 2.05) is 10.7 Å². The zero-order chi connectivity index (χ0) is 22.8. The Morgan fingerprint density at radius 3 is 2.79 bits per heavy atom. The van der Waals surface area contributed by atoms with Crippen LogP contribution >= 0.6 is 0 Å². The van der Waals surface area contributed by atoms with Crippen molar-refractivity contribution in [2.75, 3.05) is 37.7 Å². The Hall–Kier alpha value is -2.45. The summed E-state index contributed by atoms with van der Waals surface area (Å²) < 4.78 is 7.31. The molecule has 0 saturated carbocycles. The van der Waals surface area contributed by atoms with Crippen LogP contribution < -0.4 is 10.2 Å². The minimum absolute atomic E-state index is 0.221. The predicted octanol–water partition coefficient (Wildman–Crippen LogP) is 3.24. The molecule has 0 unspecified atom stereocenters. The second kappa shape index (κ2) is 9.81. The van der Waals surface area contributed by atoms with Crippen molar-refractivity contribution in [3.05, 3.63) is 30.1 Å². The van der Waals surface area contributed by atoms with Crippen LogP contribution in [0.5, 0.6) is 0 Å². The molecule has 33 heavy (non-hydrogen) atoms. The average Bonchev–Trinajstić information content (AvgIpc) is 3.22. The van der Waals surface area contributed by atoms with Gasteiger partial charge in [-0.25, -0.2) is 9.31 Å². The summed E-state index contributed by atoms with van der Waals surface area (Å²) in [5.74, 6) is 1.28. The lowest BCUT2D eigenvalue weighted by atomic mass is 9.86. The standard InChI is InChI=1S/C25H35N5O3/c1-18-14-20(3-9-28(18)8-2-19-6-12-33-13-7-19)15-21-4-11-30-22(16-21)23(17-26-30)29-10-5-24(31)27-25(29)32/h4,11,16-20H,2-3,5-10,12-15H2,1H3,(H,27,31,32)/t18-,20+/m0/s1. The van der Waals surface area contributed by atoms with E-state index in [1.165, 1.54) is 50.8 Å². The van der Waals surface area contributed by atoms with Gasteiger partial charge in [0, 0.05) is 38.4 Å². The van der Waals surface area contributed by atoms with Crippen LogP contribution in [0.3, 0.4) is 0 Å². The third-order valence-corrected chi connectivity index (χ3v) is 7.72. The molecule has 0 aromatic carbocycles. The SMILES string of the molecule is C[C@H]1C[C@H](Cc2ccn3ncc(N4CCC(=O)NC4=O)c3c2)CCN1CCC1CCOCC1. The molecule has 8 nitrogen and oxygen atoms in total. The van der Waals surface area contributed by atoms with Gasteiger partial charge in [-0.2, -0.15) is 5.10 Å². The fourth-order valence-corrected chi connectivity index (χ4v) is 5.69. The Kier molecular flexibility index (Phi) is 6.64. The van der Waals surface area contributed by atoms with E-state index in [4.69, 9.17) is 4.74 Å². The molecule has 3 saturated heterocycles. The van der Waals surface area contributed by atoms with Crippen molar-refractivity contribution in [1.29, 1.82) is 0 Å².